The van der Waals surface area contributed by atoms with Crippen LogP contribution in [-0.4, -0.2) is 58.2 Å². The van der Waals surface area contributed by atoms with Crippen molar-refractivity contribution in [1.29, 1.82) is 0 Å². The molecule has 0 aliphatic carbocycles. The van der Waals surface area contributed by atoms with Gasteiger partial charge in [0.1, 0.15) is 0 Å². The van der Waals surface area contributed by atoms with Crippen LogP contribution in [0.15, 0.2) is 34.2 Å². The fourth-order valence-corrected chi connectivity index (χ4v) is 3.30. The molecule has 1 heterocycles. The number of benzene rings is 1. The van der Waals surface area contributed by atoms with Crippen molar-refractivity contribution in [2.75, 3.05) is 32.8 Å². The highest BCUT2D eigenvalue weighted by Crippen LogP contribution is 2.09. The zero-order valence-corrected chi connectivity index (χ0v) is 14.3. The summed E-state index contributed by atoms with van der Waals surface area (Å²) < 4.78 is 32.2. The molecule has 0 amide bonds. The predicted molar refractivity (Wildman–Crippen MR) is 89.8 cm³/mol. The quantitative estimate of drug-likeness (QED) is 0.457. The Bertz CT molecular complexity index is 643. The maximum atomic E-state index is 12.1. The molecule has 1 aromatic rings. The van der Waals surface area contributed by atoms with Gasteiger partial charge >= 0.3 is 0 Å². The Balaban J connectivity index is 1.84. The largest absolute Gasteiger partial charge is 0.375 e. The van der Waals surface area contributed by atoms with Gasteiger partial charge in [0.15, 0.2) is 5.96 Å². The number of guanidine groups is 1. The molecule has 1 aromatic carbocycles. The summed E-state index contributed by atoms with van der Waals surface area (Å²) in [4.78, 5) is 6.43. The molecule has 0 radical (unpaired) electrons. The molecular formula is C15H24N4O3S. The van der Waals surface area contributed by atoms with E-state index in [-0.39, 0.29) is 17.5 Å². The second-order valence-electron chi connectivity index (χ2n) is 5.58. The molecule has 1 fully saturated rings. The number of nitrogens with two attached hydrogens (primary N) is 1. The third-order valence-corrected chi connectivity index (χ3v) is 5.05. The van der Waals surface area contributed by atoms with E-state index in [1.807, 2.05) is 18.7 Å². The first kappa shape index (κ1) is 17.7. The molecular weight excluding hydrogens is 316 g/mol. The third-order valence-electron chi connectivity index (χ3n) is 3.57. The van der Waals surface area contributed by atoms with E-state index in [9.17, 15) is 8.42 Å². The van der Waals surface area contributed by atoms with Gasteiger partial charge in [0.25, 0.3) is 0 Å². The molecule has 0 spiro atoms. The minimum Gasteiger partial charge on any atom is -0.375 e. The summed E-state index contributed by atoms with van der Waals surface area (Å²) in [6, 6.07) is 6.71. The van der Waals surface area contributed by atoms with Gasteiger partial charge < -0.3 is 15.4 Å². The van der Waals surface area contributed by atoms with Gasteiger partial charge in [-0.15, -0.1) is 0 Å². The number of nitrogens with zero attached hydrogens (tertiary/aromatic N) is 2. The summed E-state index contributed by atoms with van der Waals surface area (Å²) in [6.07, 6.45) is 0.123. The first-order valence-corrected chi connectivity index (χ1v) is 9.09. The van der Waals surface area contributed by atoms with E-state index < -0.39 is 10.0 Å². The van der Waals surface area contributed by atoms with Gasteiger partial charge in [-0.05, 0) is 26.0 Å². The molecule has 3 N–H and O–H groups in total. The van der Waals surface area contributed by atoms with Crippen molar-refractivity contribution < 1.29 is 13.2 Å². The Hall–Kier alpha value is -1.64. The van der Waals surface area contributed by atoms with E-state index in [1.165, 1.54) is 0 Å². The molecule has 0 aromatic heterocycles. The van der Waals surface area contributed by atoms with Gasteiger partial charge in [-0.25, -0.2) is 13.1 Å². The van der Waals surface area contributed by atoms with Crippen LogP contribution in [0, 0.1) is 6.92 Å². The van der Waals surface area contributed by atoms with Crippen molar-refractivity contribution in [3.05, 3.63) is 29.8 Å². The number of aryl methyl sites for hydroxylation is 1. The fourth-order valence-electron chi connectivity index (χ4n) is 2.28. The molecule has 1 unspecified atom stereocenters. The number of aliphatic imine (C=N–C) groups is 1. The van der Waals surface area contributed by atoms with E-state index in [2.05, 4.69) is 9.71 Å². The number of rotatable bonds is 5. The second kappa shape index (κ2) is 7.76. The number of nitrogens with one attached hydrogen (secondary N) is 1. The monoisotopic (exact) mass is 340 g/mol. The molecule has 2 rings (SSSR count). The van der Waals surface area contributed by atoms with Crippen molar-refractivity contribution in [1.82, 2.24) is 9.62 Å². The van der Waals surface area contributed by atoms with Crippen molar-refractivity contribution in [2.24, 2.45) is 10.7 Å². The van der Waals surface area contributed by atoms with Crippen LogP contribution in [0.4, 0.5) is 0 Å². The zero-order valence-electron chi connectivity index (χ0n) is 13.5. The van der Waals surface area contributed by atoms with Crippen LogP contribution in [0.3, 0.4) is 0 Å². The zero-order chi connectivity index (χ0) is 16.9. The average molecular weight is 340 g/mol. The molecule has 7 nitrogen and oxygen atoms in total. The minimum atomic E-state index is -3.50. The van der Waals surface area contributed by atoms with Crippen molar-refractivity contribution in [3.8, 4) is 0 Å². The highest BCUT2D eigenvalue weighted by molar-refractivity contribution is 7.89. The highest BCUT2D eigenvalue weighted by Gasteiger charge is 2.18. The van der Waals surface area contributed by atoms with Crippen LogP contribution in [0.25, 0.3) is 0 Å². The molecule has 8 heteroatoms. The lowest BCUT2D eigenvalue weighted by molar-refractivity contribution is 0.00530. The lowest BCUT2D eigenvalue weighted by Crippen LogP contribution is -2.48. The maximum absolute atomic E-state index is 12.1. The van der Waals surface area contributed by atoms with Crippen LogP contribution in [0.1, 0.15) is 12.5 Å². The molecule has 1 aliphatic heterocycles. The first-order valence-electron chi connectivity index (χ1n) is 7.61. The predicted octanol–water partition coefficient (Wildman–Crippen LogP) is 0.309. The lowest BCUT2D eigenvalue weighted by Gasteiger charge is -2.31. The summed E-state index contributed by atoms with van der Waals surface area (Å²) in [5.41, 5.74) is 6.95. The highest BCUT2D eigenvalue weighted by atomic mass is 32.2. The molecule has 23 heavy (non-hydrogen) atoms. The van der Waals surface area contributed by atoms with Gasteiger partial charge in [-0.2, -0.15) is 0 Å². The van der Waals surface area contributed by atoms with Gasteiger partial charge in [0, 0.05) is 19.6 Å². The Kier molecular flexibility index (Phi) is 5.97. The van der Waals surface area contributed by atoms with E-state index in [1.54, 1.807) is 24.3 Å². The standard InChI is InChI=1S/C15H24N4O3S/c1-12-3-5-14(6-4-12)23(20,21)18-8-7-17-15(16)19-9-10-22-13(2)11-19/h3-6,13,18H,7-11H2,1-2H3,(H2,16,17). The Morgan fingerprint density at radius 3 is 2.78 bits per heavy atom. The number of hydrogen-bond donors (Lipinski definition) is 2. The molecule has 128 valence electrons. The number of ether oxygens (including phenoxy) is 1. The number of morpholine rings is 1. The molecule has 0 saturated carbocycles. The van der Waals surface area contributed by atoms with Gasteiger partial charge in [-0.1, -0.05) is 17.7 Å². The number of hydrogen-bond acceptors (Lipinski definition) is 4. The SMILES string of the molecule is Cc1ccc(S(=O)(=O)NCCN=C(N)N2CCOC(C)C2)cc1. The minimum absolute atomic E-state index is 0.123. The first-order chi connectivity index (χ1) is 10.9. The Morgan fingerprint density at radius 1 is 1.43 bits per heavy atom. The smallest absolute Gasteiger partial charge is 0.240 e. The molecule has 1 atom stereocenters. The third kappa shape index (κ3) is 5.19. The Morgan fingerprint density at radius 2 is 2.13 bits per heavy atom. The summed E-state index contributed by atoms with van der Waals surface area (Å²) in [5.74, 6) is 0.426. The van der Waals surface area contributed by atoms with Gasteiger partial charge in [0.05, 0.1) is 24.2 Å². The summed E-state index contributed by atoms with van der Waals surface area (Å²) in [7, 11) is -3.50. The maximum Gasteiger partial charge on any atom is 0.240 e. The topological polar surface area (TPSA) is 97.0 Å². The van der Waals surface area contributed by atoms with E-state index in [0.29, 0.717) is 32.2 Å². The van der Waals surface area contributed by atoms with E-state index >= 15 is 0 Å². The van der Waals surface area contributed by atoms with E-state index in [4.69, 9.17) is 10.5 Å². The summed E-state index contributed by atoms with van der Waals surface area (Å²) in [5, 5.41) is 0. The summed E-state index contributed by atoms with van der Waals surface area (Å²) in [6.45, 7) is 6.42. The van der Waals surface area contributed by atoms with Crippen LogP contribution < -0.4 is 10.5 Å². The number of sulfonamides is 1. The average Bonchev–Trinajstić information content (AvgIpc) is 2.52. The van der Waals surface area contributed by atoms with E-state index in [0.717, 1.165) is 5.56 Å². The molecule has 1 aliphatic rings. The normalized spacial score (nSPS) is 19.8. The van der Waals surface area contributed by atoms with Crippen LogP contribution in [0.2, 0.25) is 0 Å². The molecule has 0 bridgehead atoms. The second-order valence-corrected chi connectivity index (χ2v) is 7.35. The summed E-state index contributed by atoms with van der Waals surface area (Å²) >= 11 is 0. The van der Waals surface area contributed by atoms with Crippen LogP contribution >= 0.6 is 0 Å². The van der Waals surface area contributed by atoms with Gasteiger partial charge in [0.2, 0.25) is 10.0 Å². The lowest BCUT2D eigenvalue weighted by atomic mass is 10.2. The van der Waals surface area contributed by atoms with Crippen molar-refractivity contribution in [2.45, 2.75) is 24.8 Å². The van der Waals surface area contributed by atoms with Crippen molar-refractivity contribution in [3.63, 3.8) is 0 Å². The fraction of sp³-hybridized carbons (Fsp3) is 0.533. The van der Waals surface area contributed by atoms with Gasteiger partial charge in [-0.3, -0.25) is 4.99 Å². The van der Waals surface area contributed by atoms with Crippen LogP contribution in [0.5, 0.6) is 0 Å². The Labute approximate surface area is 137 Å². The molecule has 1 saturated heterocycles. The van der Waals surface area contributed by atoms with Crippen molar-refractivity contribution >= 4 is 16.0 Å². The van der Waals surface area contributed by atoms with Crippen LogP contribution in [-0.2, 0) is 14.8 Å².